The van der Waals surface area contributed by atoms with Crippen molar-refractivity contribution < 1.29 is 4.79 Å². The van der Waals surface area contributed by atoms with Crippen molar-refractivity contribution in [3.05, 3.63) is 41.2 Å². The number of carbonyl (C=O) groups is 1. The number of aromatic nitrogens is 2. The second-order valence-electron chi connectivity index (χ2n) is 3.42. The van der Waals surface area contributed by atoms with Crippen LogP contribution in [-0.2, 0) is 0 Å². The van der Waals surface area contributed by atoms with Crippen LogP contribution in [0.1, 0.15) is 10.4 Å². The van der Waals surface area contributed by atoms with Gasteiger partial charge in [0.05, 0.1) is 0 Å². The summed E-state index contributed by atoms with van der Waals surface area (Å²) in [7, 11) is 5.50. The fourth-order valence-electron chi connectivity index (χ4n) is 1.24. The second kappa shape index (κ2) is 5.37. The fourth-order valence-corrected chi connectivity index (χ4v) is 1.50. The van der Waals surface area contributed by atoms with E-state index in [-0.39, 0.29) is 5.15 Å². The standard InChI is InChI=1S/C11H6BCl2N3O/c12-8-5-15-11(17-9(8)13)16-7-3-1-6(2-4-7)10(14)18/h1-5H,(H,15,16,17). The summed E-state index contributed by atoms with van der Waals surface area (Å²) in [6, 6.07) is 6.56. The van der Waals surface area contributed by atoms with Gasteiger partial charge in [0.15, 0.2) is 0 Å². The van der Waals surface area contributed by atoms with Crippen molar-refractivity contribution >= 4 is 53.4 Å². The van der Waals surface area contributed by atoms with Crippen molar-refractivity contribution in [3.8, 4) is 0 Å². The maximum absolute atomic E-state index is 10.9. The predicted molar refractivity (Wildman–Crippen MR) is 72.3 cm³/mol. The number of hydrogen-bond donors (Lipinski definition) is 1. The van der Waals surface area contributed by atoms with Crippen molar-refractivity contribution in [2.45, 2.75) is 0 Å². The third-order valence-corrected chi connectivity index (χ3v) is 2.66. The molecule has 0 amide bonds. The SMILES string of the molecule is [B]c1cnc(Nc2ccc(C(=O)Cl)cc2)nc1Cl. The molecule has 2 rings (SSSR count). The van der Waals surface area contributed by atoms with E-state index < -0.39 is 5.24 Å². The molecule has 2 radical (unpaired) electrons. The molecule has 1 heterocycles. The first-order chi connectivity index (χ1) is 8.56. The van der Waals surface area contributed by atoms with Crippen LogP contribution in [0.25, 0.3) is 0 Å². The Bertz CT molecular complexity index is 589. The average molecular weight is 278 g/mol. The largest absolute Gasteiger partial charge is 0.324 e. The van der Waals surface area contributed by atoms with Crippen molar-refractivity contribution in [3.63, 3.8) is 0 Å². The van der Waals surface area contributed by atoms with Crippen LogP contribution in [-0.4, -0.2) is 23.1 Å². The molecule has 0 atom stereocenters. The van der Waals surface area contributed by atoms with Crippen LogP contribution >= 0.6 is 23.2 Å². The number of anilines is 2. The lowest BCUT2D eigenvalue weighted by atomic mass is 10.0. The first-order valence-electron chi connectivity index (χ1n) is 4.91. The van der Waals surface area contributed by atoms with Crippen LogP contribution in [0, 0.1) is 0 Å². The molecule has 0 fully saturated rings. The molecule has 2 aromatic rings. The zero-order valence-electron chi connectivity index (χ0n) is 9.02. The number of rotatable bonds is 3. The van der Waals surface area contributed by atoms with Gasteiger partial charge in [0, 0.05) is 17.4 Å². The van der Waals surface area contributed by atoms with E-state index in [9.17, 15) is 4.79 Å². The van der Waals surface area contributed by atoms with Crippen molar-refractivity contribution in [1.82, 2.24) is 9.97 Å². The first-order valence-corrected chi connectivity index (χ1v) is 5.67. The van der Waals surface area contributed by atoms with Gasteiger partial charge in [-0.05, 0) is 41.3 Å². The van der Waals surface area contributed by atoms with E-state index in [1.807, 2.05) is 0 Å². The Balaban J connectivity index is 2.18. The maximum atomic E-state index is 10.9. The second-order valence-corrected chi connectivity index (χ2v) is 4.12. The third-order valence-electron chi connectivity index (χ3n) is 2.14. The van der Waals surface area contributed by atoms with Gasteiger partial charge < -0.3 is 5.32 Å². The van der Waals surface area contributed by atoms with Gasteiger partial charge in [-0.25, -0.2) is 9.97 Å². The fraction of sp³-hybridized carbons (Fsp3) is 0. The van der Waals surface area contributed by atoms with Crippen LogP contribution in [0.5, 0.6) is 0 Å². The van der Waals surface area contributed by atoms with Crippen molar-refractivity contribution in [1.29, 1.82) is 0 Å². The zero-order chi connectivity index (χ0) is 13.1. The average Bonchev–Trinajstić information content (AvgIpc) is 2.34. The molecular formula is C11H6BCl2N3O. The van der Waals surface area contributed by atoms with Gasteiger partial charge in [-0.15, -0.1) is 0 Å². The Labute approximate surface area is 115 Å². The number of nitrogens with zero attached hydrogens (tertiary/aromatic N) is 2. The molecule has 7 heteroatoms. The number of benzene rings is 1. The van der Waals surface area contributed by atoms with Crippen LogP contribution < -0.4 is 10.8 Å². The highest BCUT2D eigenvalue weighted by Crippen LogP contribution is 2.15. The smallest absolute Gasteiger partial charge is 0.252 e. The Hall–Kier alpha value is -1.59. The predicted octanol–water partition coefficient (Wildman–Crippen LogP) is 2.05. The van der Waals surface area contributed by atoms with Crippen molar-refractivity contribution in [2.75, 3.05) is 5.32 Å². The lowest BCUT2D eigenvalue weighted by Gasteiger charge is -2.06. The van der Waals surface area contributed by atoms with Crippen LogP contribution in [0.3, 0.4) is 0 Å². The Kier molecular flexibility index (Phi) is 3.84. The maximum Gasteiger partial charge on any atom is 0.252 e. The van der Waals surface area contributed by atoms with Gasteiger partial charge in [-0.3, -0.25) is 4.79 Å². The van der Waals surface area contributed by atoms with E-state index in [1.54, 1.807) is 24.3 Å². The minimum atomic E-state index is -0.506. The highest BCUT2D eigenvalue weighted by atomic mass is 35.5. The molecule has 0 saturated carbocycles. The summed E-state index contributed by atoms with van der Waals surface area (Å²) in [5, 5.41) is 2.60. The molecule has 0 bridgehead atoms. The summed E-state index contributed by atoms with van der Waals surface area (Å²) >= 11 is 11.1. The molecule has 4 nitrogen and oxygen atoms in total. The summed E-state index contributed by atoms with van der Waals surface area (Å²) in [6.07, 6.45) is 1.41. The first kappa shape index (κ1) is 12.9. The van der Waals surface area contributed by atoms with Gasteiger partial charge in [0.25, 0.3) is 5.24 Å². The highest BCUT2D eigenvalue weighted by Gasteiger charge is 2.03. The van der Waals surface area contributed by atoms with Gasteiger partial charge in [0.2, 0.25) is 5.95 Å². The van der Waals surface area contributed by atoms with E-state index in [1.165, 1.54) is 6.20 Å². The molecular weight excluding hydrogens is 272 g/mol. The topological polar surface area (TPSA) is 54.9 Å². The van der Waals surface area contributed by atoms with E-state index >= 15 is 0 Å². The minimum Gasteiger partial charge on any atom is -0.324 e. The summed E-state index contributed by atoms with van der Waals surface area (Å²) in [6.45, 7) is 0. The zero-order valence-corrected chi connectivity index (χ0v) is 10.5. The van der Waals surface area contributed by atoms with Crippen LogP contribution in [0.15, 0.2) is 30.5 Å². The van der Waals surface area contributed by atoms with Crippen LogP contribution in [0.4, 0.5) is 11.6 Å². The summed E-state index contributed by atoms with van der Waals surface area (Å²) < 4.78 is 0. The quantitative estimate of drug-likeness (QED) is 0.530. The number of hydrogen-bond acceptors (Lipinski definition) is 4. The minimum absolute atomic E-state index is 0.181. The summed E-state index contributed by atoms with van der Waals surface area (Å²) in [5.74, 6) is 0.319. The Morgan fingerprint density at radius 1 is 1.28 bits per heavy atom. The Morgan fingerprint density at radius 3 is 2.50 bits per heavy atom. The number of halogens is 2. The van der Waals surface area contributed by atoms with E-state index in [2.05, 4.69) is 15.3 Å². The molecule has 0 aliphatic carbocycles. The summed E-state index contributed by atoms with van der Waals surface area (Å²) in [5.41, 5.74) is 1.43. The van der Waals surface area contributed by atoms with E-state index in [0.29, 0.717) is 22.7 Å². The van der Waals surface area contributed by atoms with Gasteiger partial charge >= 0.3 is 0 Å². The lowest BCUT2D eigenvalue weighted by molar-refractivity contribution is 0.108. The van der Waals surface area contributed by atoms with E-state index in [0.717, 1.165) is 0 Å². The molecule has 0 saturated heterocycles. The van der Waals surface area contributed by atoms with Gasteiger partial charge in [-0.1, -0.05) is 11.6 Å². The molecule has 1 aromatic carbocycles. The monoisotopic (exact) mass is 277 g/mol. The van der Waals surface area contributed by atoms with Crippen molar-refractivity contribution in [2.24, 2.45) is 0 Å². The summed E-state index contributed by atoms with van der Waals surface area (Å²) in [4.78, 5) is 18.8. The lowest BCUT2D eigenvalue weighted by Crippen LogP contribution is -2.09. The molecule has 0 unspecified atom stereocenters. The molecule has 18 heavy (non-hydrogen) atoms. The molecule has 0 spiro atoms. The normalized spacial score (nSPS) is 10.1. The third kappa shape index (κ3) is 3.00. The number of carbonyl (C=O) groups excluding carboxylic acids is 1. The van der Waals surface area contributed by atoms with Gasteiger partial charge in [-0.2, -0.15) is 0 Å². The molecule has 88 valence electrons. The van der Waals surface area contributed by atoms with Crippen LogP contribution in [0.2, 0.25) is 5.15 Å². The highest BCUT2D eigenvalue weighted by molar-refractivity contribution is 6.67. The Morgan fingerprint density at radius 2 is 1.94 bits per heavy atom. The molecule has 1 N–H and O–H groups in total. The van der Waals surface area contributed by atoms with E-state index in [4.69, 9.17) is 31.0 Å². The molecule has 0 aliphatic rings. The van der Waals surface area contributed by atoms with Gasteiger partial charge in [0.1, 0.15) is 13.0 Å². The molecule has 1 aromatic heterocycles. The number of nitrogens with one attached hydrogen (secondary N) is 1. The molecule has 0 aliphatic heterocycles.